The third-order valence-corrected chi connectivity index (χ3v) is 2.80. The van der Waals surface area contributed by atoms with Gasteiger partial charge in [-0.05, 0) is 43.2 Å². The zero-order chi connectivity index (χ0) is 9.80. The Kier molecular flexibility index (Phi) is 2.77. The molecule has 0 aliphatic heterocycles. The molecule has 1 atom stereocenters. The van der Waals surface area contributed by atoms with E-state index in [4.69, 9.17) is 5.21 Å². The average Bonchev–Trinajstić information content (AvgIpc) is 2.30. The molecule has 14 heavy (non-hydrogen) atoms. The highest BCUT2D eigenvalue weighted by Crippen LogP contribution is 2.30. The van der Waals surface area contributed by atoms with Gasteiger partial charge in [-0.1, -0.05) is 11.2 Å². The number of oxime groups is 1. The van der Waals surface area contributed by atoms with E-state index in [1.54, 1.807) is 6.20 Å². The molecule has 1 saturated carbocycles. The lowest BCUT2D eigenvalue weighted by Gasteiger charge is -2.22. The van der Waals surface area contributed by atoms with Crippen molar-refractivity contribution in [2.75, 3.05) is 0 Å². The summed E-state index contributed by atoms with van der Waals surface area (Å²) in [6.45, 7) is 0. The molecule has 1 heterocycles. The molecule has 1 aromatic heterocycles. The molecule has 1 N–H and O–H groups in total. The molecule has 1 aliphatic rings. The highest BCUT2D eigenvalue weighted by atomic mass is 16.4. The van der Waals surface area contributed by atoms with Gasteiger partial charge in [-0.3, -0.25) is 4.98 Å². The Morgan fingerprint density at radius 1 is 1.50 bits per heavy atom. The smallest absolute Gasteiger partial charge is 0.0576 e. The maximum atomic E-state index is 8.73. The molecule has 74 valence electrons. The second kappa shape index (κ2) is 4.22. The molecule has 1 aromatic rings. The van der Waals surface area contributed by atoms with E-state index in [0.29, 0.717) is 5.92 Å². The highest BCUT2D eigenvalue weighted by Gasteiger charge is 2.19. The van der Waals surface area contributed by atoms with Crippen LogP contribution in [0.1, 0.15) is 37.2 Å². The minimum atomic E-state index is 0.489. The summed E-state index contributed by atoms with van der Waals surface area (Å²) in [5.74, 6) is 0.489. The highest BCUT2D eigenvalue weighted by molar-refractivity contribution is 5.85. The monoisotopic (exact) mass is 190 g/mol. The minimum absolute atomic E-state index is 0.489. The molecule has 0 saturated heterocycles. The molecule has 3 heteroatoms. The van der Waals surface area contributed by atoms with Crippen LogP contribution in [0.15, 0.2) is 29.7 Å². The van der Waals surface area contributed by atoms with Gasteiger partial charge in [0.15, 0.2) is 0 Å². The van der Waals surface area contributed by atoms with Crippen molar-refractivity contribution in [2.24, 2.45) is 5.16 Å². The Hall–Kier alpha value is -1.38. The second-order valence-electron chi connectivity index (χ2n) is 3.75. The molecule has 3 nitrogen and oxygen atoms in total. The van der Waals surface area contributed by atoms with Crippen LogP contribution in [0.25, 0.3) is 0 Å². The summed E-state index contributed by atoms with van der Waals surface area (Å²) in [5.41, 5.74) is 2.18. The Bertz CT molecular complexity index is 321. The predicted molar refractivity (Wildman–Crippen MR) is 54.7 cm³/mol. The number of aromatic nitrogens is 1. The van der Waals surface area contributed by atoms with E-state index in [9.17, 15) is 0 Å². The number of hydrogen-bond donors (Lipinski definition) is 1. The van der Waals surface area contributed by atoms with Gasteiger partial charge in [0.25, 0.3) is 0 Å². The van der Waals surface area contributed by atoms with E-state index in [-0.39, 0.29) is 0 Å². The van der Waals surface area contributed by atoms with Crippen LogP contribution in [0, 0.1) is 0 Å². The number of hydrogen-bond acceptors (Lipinski definition) is 3. The number of rotatable bonds is 1. The molecule has 1 fully saturated rings. The fourth-order valence-corrected chi connectivity index (χ4v) is 2.03. The normalized spacial score (nSPS) is 25.1. The summed E-state index contributed by atoms with van der Waals surface area (Å²) in [4.78, 5) is 4.11. The van der Waals surface area contributed by atoms with Gasteiger partial charge in [-0.15, -0.1) is 0 Å². The average molecular weight is 190 g/mol. The van der Waals surface area contributed by atoms with Gasteiger partial charge < -0.3 is 5.21 Å². The van der Waals surface area contributed by atoms with Crippen LogP contribution in [0.2, 0.25) is 0 Å². The van der Waals surface area contributed by atoms with E-state index in [2.05, 4.69) is 16.2 Å². The fraction of sp³-hybridized carbons (Fsp3) is 0.455. The van der Waals surface area contributed by atoms with Crippen molar-refractivity contribution in [3.63, 3.8) is 0 Å². The van der Waals surface area contributed by atoms with Crippen molar-refractivity contribution in [1.29, 1.82) is 0 Å². The summed E-state index contributed by atoms with van der Waals surface area (Å²) < 4.78 is 0. The molecular weight excluding hydrogens is 176 g/mol. The van der Waals surface area contributed by atoms with Crippen LogP contribution in [0.5, 0.6) is 0 Å². The first-order valence-corrected chi connectivity index (χ1v) is 5.00. The van der Waals surface area contributed by atoms with Crippen LogP contribution in [-0.2, 0) is 0 Å². The number of pyridine rings is 1. The first kappa shape index (κ1) is 9.19. The van der Waals surface area contributed by atoms with Crippen LogP contribution >= 0.6 is 0 Å². The second-order valence-corrected chi connectivity index (χ2v) is 3.75. The van der Waals surface area contributed by atoms with Gasteiger partial charge >= 0.3 is 0 Å². The Morgan fingerprint density at radius 2 is 2.43 bits per heavy atom. The molecule has 2 rings (SSSR count). The van der Waals surface area contributed by atoms with Crippen LogP contribution in [-0.4, -0.2) is 15.9 Å². The van der Waals surface area contributed by atoms with Crippen molar-refractivity contribution in [1.82, 2.24) is 4.98 Å². The van der Waals surface area contributed by atoms with Crippen LogP contribution in [0.3, 0.4) is 0 Å². The van der Waals surface area contributed by atoms with Gasteiger partial charge in [0, 0.05) is 12.4 Å². The number of nitrogens with zero attached hydrogens (tertiary/aromatic N) is 2. The van der Waals surface area contributed by atoms with Crippen molar-refractivity contribution in [3.8, 4) is 0 Å². The Balaban J connectivity index is 2.12. The first-order valence-electron chi connectivity index (χ1n) is 5.00. The summed E-state index contributed by atoms with van der Waals surface area (Å²) in [5, 5.41) is 12.0. The molecule has 0 spiro atoms. The quantitative estimate of drug-likeness (QED) is 0.546. The lowest BCUT2D eigenvalue weighted by molar-refractivity contribution is 0.313. The fourth-order valence-electron chi connectivity index (χ4n) is 2.03. The van der Waals surface area contributed by atoms with E-state index in [1.807, 2.05) is 12.3 Å². The van der Waals surface area contributed by atoms with E-state index >= 15 is 0 Å². The van der Waals surface area contributed by atoms with E-state index in [0.717, 1.165) is 25.0 Å². The van der Waals surface area contributed by atoms with Crippen LogP contribution in [0.4, 0.5) is 0 Å². The van der Waals surface area contributed by atoms with Gasteiger partial charge in [0.2, 0.25) is 0 Å². The lowest BCUT2D eigenvalue weighted by Crippen LogP contribution is -2.13. The van der Waals surface area contributed by atoms with Gasteiger partial charge in [-0.25, -0.2) is 0 Å². The maximum Gasteiger partial charge on any atom is 0.0576 e. The van der Waals surface area contributed by atoms with Crippen molar-refractivity contribution >= 4 is 5.71 Å². The minimum Gasteiger partial charge on any atom is -0.411 e. The molecule has 0 radical (unpaired) electrons. The molecule has 0 amide bonds. The summed E-state index contributed by atoms with van der Waals surface area (Å²) in [7, 11) is 0. The molecule has 0 aromatic carbocycles. The Morgan fingerprint density at radius 3 is 3.14 bits per heavy atom. The SMILES string of the molecule is O/N=C1\CCCC(c2cccnc2)C1. The predicted octanol–water partition coefficient (Wildman–Crippen LogP) is 2.57. The molecular formula is C11H14N2O. The summed E-state index contributed by atoms with van der Waals surface area (Å²) in [6.07, 6.45) is 7.79. The third kappa shape index (κ3) is 1.92. The van der Waals surface area contributed by atoms with Gasteiger partial charge in [0.1, 0.15) is 0 Å². The summed E-state index contributed by atoms with van der Waals surface area (Å²) >= 11 is 0. The standard InChI is InChI=1S/C11H14N2O/c14-13-11-5-1-3-9(7-11)10-4-2-6-12-8-10/h2,4,6,8-9,14H,1,3,5,7H2/b13-11+. The molecule has 0 bridgehead atoms. The van der Waals surface area contributed by atoms with E-state index < -0.39 is 0 Å². The molecule has 1 unspecified atom stereocenters. The first-order chi connectivity index (χ1) is 6.90. The largest absolute Gasteiger partial charge is 0.411 e. The van der Waals surface area contributed by atoms with Gasteiger partial charge in [-0.2, -0.15) is 0 Å². The van der Waals surface area contributed by atoms with E-state index in [1.165, 1.54) is 12.0 Å². The van der Waals surface area contributed by atoms with Crippen molar-refractivity contribution in [3.05, 3.63) is 30.1 Å². The van der Waals surface area contributed by atoms with Crippen molar-refractivity contribution in [2.45, 2.75) is 31.6 Å². The third-order valence-electron chi connectivity index (χ3n) is 2.80. The van der Waals surface area contributed by atoms with Crippen LogP contribution < -0.4 is 0 Å². The zero-order valence-electron chi connectivity index (χ0n) is 8.06. The summed E-state index contributed by atoms with van der Waals surface area (Å²) in [6, 6.07) is 4.05. The molecule has 1 aliphatic carbocycles. The zero-order valence-corrected chi connectivity index (χ0v) is 8.06. The lowest BCUT2D eigenvalue weighted by atomic mass is 9.84. The Labute approximate surface area is 83.5 Å². The van der Waals surface area contributed by atoms with Crippen molar-refractivity contribution < 1.29 is 5.21 Å². The topological polar surface area (TPSA) is 45.5 Å². The van der Waals surface area contributed by atoms with Gasteiger partial charge in [0.05, 0.1) is 5.71 Å². The maximum absolute atomic E-state index is 8.73.